The number of amides is 1. The number of rotatable bonds is 8. The van der Waals surface area contributed by atoms with Gasteiger partial charge in [-0.25, -0.2) is 4.79 Å². The van der Waals surface area contributed by atoms with E-state index in [4.69, 9.17) is 10.5 Å². The SMILES string of the molecule is NC(=S)NN=Cc1ncccc1NC(=O)OCc1cc([N+](=O)[O-])ccc1OP(=O)([O-])[O-].[Na+].[Na+]. The minimum atomic E-state index is -5.45. The van der Waals surface area contributed by atoms with Crippen molar-refractivity contribution in [3.05, 3.63) is 57.9 Å². The molecule has 2 rings (SSSR count). The Morgan fingerprint density at radius 2 is 2.03 bits per heavy atom. The van der Waals surface area contributed by atoms with Crippen molar-refractivity contribution in [3.63, 3.8) is 0 Å². The molecule has 0 bridgehead atoms. The minimum Gasteiger partial charge on any atom is -0.780 e. The maximum atomic E-state index is 12.1. The van der Waals surface area contributed by atoms with Gasteiger partial charge in [-0.15, -0.1) is 0 Å². The number of ether oxygens (including phenoxy) is 1. The molecule has 0 aliphatic rings. The van der Waals surface area contributed by atoms with Crippen LogP contribution in [0.25, 0.3) is 0 Å². The number of carbonyl (C=O) groups is 1. The number of nitro groups is 1. The van der Waals surface area contributed by atoms with Crippen LogP contribution < -0.4 is 89.9 Å². The molecule has 4 N–H and O–H groups in total. The number of carbonyl (C=O) groups excluding carboxylic acids is 1. The van der Waals surface area contributed by atoms with Crippen LogP contribution in [0.3, 0.4) is 0 Å². The molecule has 18 heteroatoms. The van der Waals surface area contributed by atoms with E-state index in [1.807, 2.05) is 0 Å². The van der Waals surface area contributed by atoms with Crippen LogP contribution >= 0.6 is 20.0 Å². The predicted octanol–water partition coefficient (Wildman–Crippen LogP) is -5.88. The van der Waals surface area contributed by atoms with Crippen molar-refractivity contribution in [3.8, 4) is 5.75 Å². The zero-order valence-electron chi connectivity index (χ0n) is 17.3. The molecule has 0 saturated heterocycles. The molecule has 0 aliphatic heterocycles. The van der Waals surface area contributed by atoms with Crippen LogP contribution in [0.1, 0.15) is 11.3 Å². The molecule has 1 aromatic carbocycles. The van der Waals surface area contributed by atoms with Gasteiger partial charge in [0.05, 0.1) is 16.8 Å². The number of phosphoric ester groups is 1. The van der Waals surface area contributed by atoms with Gasteiger partial charge in [0.15, 0.2) is 5.11 Å². The van der Waals surface area contributed by atoms with E-state index in [2.05, 4.69) is 37.6 Å². The number of hydrogen-bond acceptors (Lipinski definition) is 11. The molecule has 0 unspecified atom stereocenters. The van der Waals surface area contributed by atoms with E-state index in [1.54, 1.807) is 0 Å². The molecular formula is C15H13N6Na2O8PS. The smallest absolute Gasteiger partial charge is 0.780 e. The zero-order valence-corrected chi connectivity index (χ0v) is 23.0. The van der Waals surface area contributed by atoms with Crippen LogP contribution in [0, 0.1) is 10.1 Å². The van der Waals surface area contributed by atoms with Crippen LogP contribution in [0.2, 0.25) is 0 Å². The third-order valence-electron chi connectivity index (χ3n) is 3.26. The van der Waals surface area contributed by atoms with Crippen LogP contribution in [0.5, 0.6) is 5.75 Å². The number of thiocarbonyl (C=S) groups is 1. The fraction of sp³-hybridized carbons (Fsp3) is 0.0667. The predicted molar refractivity (Wildman–Crippen MR) is 107 cm³/mol. The van der Waals surface area contributed by atoms with E-state index in [0.29, 0.717) is 0 Å². The fourth-order valence-corrected chi connectivity index (χ4v) is 2.55. The fourth-order valence-electron chi connectivity index (χ4n) is 2.07. The number of anilines is 1. The Bertz CT molecular complexity index is 1090. The Morgan fingerprint density at radius 3 is 2.64 bits per heavy atom. The normalized spacial score (nSPS) is 10.4. The summed E-state index contributed by atoms with van der Waals surface area (Å²) in [6.07, 6.45) is 1.63. The van der Waals surface area contributed by atoms with Crippen LogP contribution in [-0.4, -0.2) is 27.3 Å². The molecule has 0 spiro atoms. The van der Waals surface area contributed by atoms with Gasteiger partial charge in [-0.2, -0.15) is 5.10 Å². The molecule has 0 radical (unpaired) electrons. The summed E-state index contributed by atoms with van der Waals surface area (Å²) < 4.78 is 20.1. The Morgan fingerprint density at radius 1 is 1.33 bits per heavy atom. The molecule has 1 amide bonds. The average Bonchev–Trinajstić information content (AvgIpc) is 2.67. The Hall–Kier alpha value is -1.65. The van der Waals surface area contributed by atoms with Crippen molar-refractivity contribution in [1.29, 1.82) is 0 Å². The van der Waals surface area contributed by atoms with Crippen molar-refractivity contribution in [2.75, 3.05) is 5.32 Å². The number of nitrogens with one attached hydrogen (secondary N) is 2. The number of nitrogens with zero attached hydrogens (tertiary/aromatic N) is 3. The number of phosphoric acid groups is 1. The van der Waals surface area contributed by atoms with Crippen LogP contribution in [0.4, 0.5) is 16.2 Å². The van der Waals surface area contributed by atoms with E-state index in [9.17, 15) is 29.3 Å². The molecule has 33 heavy (non-hydrogen) atoms. The number of nitrogens with two attached hydrogens (primary N) is 1. The summed E-state index contributed by atoms with van der Waals surface area (Å²) in [6, 6.07) is 5.73. The summed E-state index contributed by atoms with van der Waals surface area (Å²) in [7, 11) is -5.45. The van der Waals surface area contributed by atoms with Gasteiger partial charge in [0.2, 0.25) is 0 Å². The maximum absolute atomic E-state index is 12.1. The summed E-state index contributed by atoms with van der Waals surface area (Å²) in [5.41, 5.74) is 7.29. The van der Waals surface area contributed by atoms with Gasteiger partial charge < -0.3 is 29.3 Å². The molecule has 0 aliphatic carbocycles. The number of hydrogen-bond donors (Lipinski definition) is 3. The zero-order chi connectivity index (χ0) is 23.0. The molecule has 2 aromatic rings. The topological polar surface area (TPSA) is 217 Å². The number of nitro benzene ring substituents is 1. The number of benzene rings is 1. The summed E-state index contributed by atoms with van der Waals surface area (Å²) >= 11 is 4.60. The quantitative estimate of drug-likeness (QED) is 0.0749. The van der Waals surface area contributed by atoms with Crippen molar-refractivity contribution < 1.29 is 92.4 Å². The maximum Gasteiger partial charge on any atom is 1.00 e. The number of pyridine rings is 1. The minimum absolute atomic E-state index is 0. The van der Waals surface area contributed by atoms with Crippen molar-refractivity contribution in [2.24, 2.45) is 10.8 Å². The molecule has 1 aromatic heterocycles. The van der Waals surface area contributed by atoms with Gasteiger partial charge in [0.25, 0.3) is 5.69 Å². The number of non-ortho nitro benzene ring substituents is 1. The van der Waals surface area contributed by atoms with Gasteiger partial charge in [0, 0.05) is 23.9 Å². The summed E-state index contributed by atoms with van der Waals surface area (Å²) in [5, 5.41) is 16.9. The summed E-state index contributed by atoms with van der Waals surface area (Å²) in [6.45, 7) is -0.643. The first-order valence-electron chi connectivity index (χ1n) is 8.01. The first kappa shape index (κ1) is 31.4. The van der Waals surface area contributed by atoms with E-state index in [0.717, 1.165) is 18.2 Å². The molecule has 0 atom stereocenters. The van der Waals surface area contributed by atoms with Gasteiger partial charge in [-0.1, -0.05) is 0 Å². The van der Waals surface area contributed by atoms with E-state index < -0.39 is 36.9 Å². The Labute approximate surface area is 236 Å². The first-order chi connectivity index (χ1) is 14.5. The Balaban J connectivity index is 0.00000512. The number of aromatic nitrogens is 1. The first-order valence-corrected chi connectivity index (χ1v) is 9.88. The van der Waals surface area contributed by atoms with Gasteiger partial charge in [-0.05, 0) is 30.4 Å². The molecule has 0 saturated carbocycles. The standard InChI is InChI=1S/C15H15N6O8PS.2Na/c16-14(31)20-18-7-12-11(2-1-5-17-12)19-15(22)28-8-9-6-10(21(23)24)3-4-13(9)29-30(25,26)27;;/h1-7H,8H2,(H,19,22)(H3,16,20,31)(H2,25,26,27);;/q;2*+1/p-2. The molecule has 1 heterocycles. The van der Waals surface area contributed by atoms with Gasteiger partial charge in [0.1, 0.15) is 25.9 Å². The van der Waals surface area contributed by atoms with Gasteiger partial charge in [-0.3, -0.25) is 25.8 Å². The second-order valence-electron chi connectivity index (χ2n) is 5.46. The monoisotopic (exact) mass is 514 g/mol. The molecule has 164 valence electrons. The third kappa shape index (κ3) is 11.4. The van der Waals surface area contributed by atoms with E-state index in [-0.39, 0.29) is 81.2 Å². The molecule has 14 nitrogen and oxygen atoms in total. The average molecular weight is 514 g/mol. The van der Waals surface area contributed by atoms with Gasteiger partial charge >= 0.3 is 65.2 Å². The van der Waals surface area contributed by atoms with Crippen LogP contribution in [-0.2, 0) is 15.9 Å². The van der Waals surface area contributed by atoms with Crippen molar-refractivity contribution in [2.45, 2.75) is 6.61 Å². The second-order valence-corrected chi connectivity index (χ2v) is 6.98. The Kier molecular flexibility index (Phi) is 13.8. The van der Waals surface area contributed by atoms with Crippen molar-refractivity contribution in [1.82, 2.24) is 10.4 Å². The van der Waals surface area contributed by atoms with E-state index in [1.165, 1.54) is 24.5 Å². The van der Waals surface area contributed by atoms with Crippen LogP contribution in [0.15, 0.2) is 41.6 Å². The summed E-state index contributed by atoms with van der Waals surface area (Å²) in [5.74, 6) is -0.509. The second kappa shape index (κ2) is 14.6. The van der Waals surface area contributed by atoms with E-state index >= 15 is 0 Å². The largest absolute Gasteiger partial charge is 1.00 e. The molecule has 0 fully saturated rings. The molecular weight excluding hydrogens is 501 g/mol. The summed E-state index contributed by atoms with van der Waals surface area (Å²) in [4.78, 5) is 48.0. The third-order valence-corrected chi connectivity index (χ3v) is 3.77. The number of hydrazone groups is 1. The van der Waals surface area contributed by atoms with Crippen molar-refractivity contribution >= 4 is 48.8 Å².